The summed E-state index contributed by atoms with van der Waals surface area (Å²) in [5.74, 6) is 0.500. The lowest BCUT2D eigenvalue weighted by atomic mass is 10.0. The third-order valence-corrected chi connectivity index (χ3v) is 5.31. The van der Waals surface area contributed by atoms with E-state index in [2.05, 4.69) is 4.72 Å². The van der Waals surface area contributed by atoms with Gasteiger partial charge in [0.2, 0.25) is 0 Å². The van der Waals surface area contributed by atoms with Crippen LogP contribution in [0, 0.1) is 5.92 Å². The van der Waals surface area contributed by atoms with Gasteiger partial charge in [0.05, 0.1) is 17.8 Å². The molecule has 2 N–H and O–H groups in total. The minimum absolute atomic E-state index is 0.00800. The third kappa shape index (κ3) is 4.00. The van der Waals surface area contributed by atoms with Gasteiger partial charge in [-0.2, -0.15) is 12.7 Å². The summed E-state index contributed by atoms with van der Waals surface area (Å²) in [7, 11) is -2.20. The highest BCUT2D eigenvalue weighted by atomic mass is 35.5. The molecule has 0 spiro atoms. The van der Waals surface area contributed by atoms with Crippen LogP contribution in [0.5, 0.6) is 5.75 Å². The maximum absolute atomic E-state index is 12.4. The van der Waals surface area contributed by atoms with Crippen molar-refractivity contribution in [2.24, 2.45) is 5.92 Å². The summed E-state index contributed by atoms with van der Waals surface area (Å²) >= 11 is 6.01. The number of methoxy groups -OCH3 is 1. The van der Waals surface area contributed by atoms with Gasteiger partial charge in [-0.15, -0.1) is 0 Å². The Morgan fingerprint density at radius 3 is 2.95 bits per heavy atom. The minimum atomic E-state index is -3.69. The Labute approximate surface area is 129 Å². The topological polar surface area (TPSA) is 78.9 Å². The van der Waals surface area contributed by atoms with Gasteiger partial charge in [-0.05, 0) is 30.9 Å². The minimum Gasteiger partial charge on any atom is -0.497 e. The zero-order valence-electron chi connectivity index (χ0n) is 11.8. The van der Waals surface area contributed by atoms with Gasteiger partial charge in [0, 0.05) is 25.8 Å². The number of ether oxygens (including phenoxy) is 1. The first-order valence-electron chi connectivity index (χ1n) is 6.68. The molecule has 0 radical (unpaired) electrons. The van der Waals surface area contributed by atoms with Crippen LogP contribution in [-0.4, -0.2) is 44.6 Å². The highest BCUT2D eigenvalue weighted by Gasteiger charge is 2.29. The molecular formula is C13H19ClN2O4S. The van der Waals surface area contributed by atoms with E-state index in [0.717, 1.165) is 12.8 Å². The van der Waals surface area contributed by atoms with Crippen LogP contribution >= 0.6 is 11.6 Å². The monoisotopic (exact) mass is 334 g/mol. The average Bonchev–Trinajstić information content (AvgIpc) is 2.49. The van der Waals surface area contributed by atoms with Gasteiger partial charge in [0.25, 0.3) is 0 Å². The molecule has 1 saturated heterocycles. The molecule has 0 aliphatic carbocycles. The Bertz CT molecular complexity index is 594. The molecule has 118 valence electrons. The second-order valence-corrected chi connectivity index (χ2v) is 7.08. The van der Waals surface area contributed by atoms with Crippen molar-refractivity contribution in [2.75, 3.05) is 31.5 Å². The number of hydrogen-bond acceptors (Lipinski definition) is 4. The molecule has 1 atom stereocenters. The van der Waals surface area contributed by atoms with E-state index in [9.17, 15) is 13.5 Å². The highest BCUT2D eigenvalue weighted by Crippen LogP contribution is 2.29. The van der Waals surface area contributed by atoms with Gasteiger partial charge in [0.15, 0.2) is 0 Å². The fourth-order valence-corrected chi connectivity index (χ4v) is 3.88. The maximum atomic E-state index is 12.4. The number of aliphatic hydroxyl groups excluding tert-OH is 1. The Morgan fingerprint density at radius 1 is 1.52 bits per heavy atom. The van der Waals surface area contributed by atoms with Crippen LogP contribution in [0.25, 0.3) is 0 Å². The fraction of sp³-hybridized carbons (Fsp3) is 0.538. The summed E-state index contributed by atoms with van der Waals surface area (Å²) in [6, 6.07) is 4.77. The Balaban J connectivity index is 2.17. The molecule has 1 heterocycles. The number of halogens is 1. The zero-order valence-corrected chi connectivity index (χ0v) is 13.3. The average molecular weight is 335 g/mol. The van der Waals surface area contributed by atoms with E-state index in [1.807, 2.05) is 0 Å². The van der Waals surface area contributed by atoms with E-state index in [-0.39, 0.29) is 18.2 Å². The van der Waals surface area contributed by atoms with Crippen LogP contribution in [0.3, 0.4) is 0 Å². The summed E-state index contributed by atoms with van der Waals surface area (Å²) in [5, 5.41) is 9.50. The molecule has 8 heteroatoms. The quantitative estimate of drug-likeness (QED) is 0.859. The van der Waals surface area contributed by atoms with Crippen LogP contribution in [0.1, 0.15) is 12.8 Å². The molecule has 0 amide bonds. The smallest absolute Gasteiger partial charge is 0.301 e. The van der Waals surface area contributed by atoms with Gasteiger partial charge in [0.1, 0.15) is 5.75 Å². The number of rotatable bonds is 5. The standard InChI is InChI=1S/C13H19ClN2O4S/c1-20-11-4-5-12(14)13(7-11)15-21(18,19)16-6-2-3-10(8-16)9-17/h4-5,7,10,15,17H,2-3,6,8-9H2,1H3. The van der Waals surface area contributed by atoms with Crippen molar-refractivity contribution in [3.8, 4) is 5.75 Å². The number of hydrogen-bond donors (Lipinski definition) is 2. The Morgan fingerprint density at radius 2 is 2.29 bits per heavy atom. The first-order valence-corrected chi connectivity index (χ1v) is 8.50. The highest BCUT2D eigenvalue weighted by molar-refractivity contribution is 7.90. The van der Waals surface area contributed by atoms with Crippen molar-refractivity contribution < 1.29 is 18.3 Å². The summed E-state index contributed by atoms with van der Waals surface area (Å²) < 4.78 is 33.7. The molecule has 0 bridgehead atoms. The lowest BCUT2D eigenvalue weighted by Gasteiger charge is -2.31. The predicted molar refractivity (Wildman–Crippen MR) is 81.9 cm³/mol. The Hall–Kier alpha value is -1.02. The van der Waals surface area contributed by atoms with E-state index in [1.165, 1.54) is 17.5 Å². The van der Waals surface area contributed by atoms with Crippen molar-refractivity contribution in [1.29, 1.82) is 0 Å². The van der Waals surface area contributed by atoms with Crippen molar-refractivity contribution in [2.45, 2.75) is 12.8 Å². The third-order valence-electron chi connectivity index (χ3n) is 3.49. The molecule has 0 saturated carbocycles. The SMILES string of the molecule is COc1ccc(Cl)c(NS(=O)(=O)N2CCCC(CO)C2)c1. The van der Waals surface area contributed by atoms with Crippen molar-refractivity contribution in [1.82, 2.24) is 4.31 Å². The lowest BCUT2D eigenvalue weighted by Crippen LogP contribution is -2.43. The summed E-state index contributed by atoms with van der Waals surface area (Å²) in [4.78, 5) is 0. The first kappa shape index (κ1) is 16.4. The fourth-order valence-electron chi connectivity index (χ4n) is 2.31. The molecule has 1 fully saturated rings. The number of benzene rings is 1. The lowest BCUT2D eigenvalue weighted by molar-refractivity contribution is 0.166. The van der Waals surface area contributed by atoms with E-state index >= 15 is 0 Å². The molecule has 6 nitrogen and oxygen atoms in total. The van der Waals surface area contributed by atoms with Gasteiger partial charge < -0.3 is 9.84 Å². The van der Waals surface area contributed by atoms with Gasteiger partial charge in [-0.25, -0.2) is 0 Å². The van der Waals surface area contributed by atoms with Crippen LogP contribution in [0.4, 0.5) is 5.69 Å². The summed E-state index contributed by atoms with van der Waals surface area (Å²) in [6.07, 6.45) is 1.57. The van der Waals surface area contributed by atoms with Gasteiger partial charge in [-0.1, -0.05) is 11.6 Å². The molecule has 1 aromatic carbocycles. The molecule has 21 heavy (non-hydrogen) atoms. The largest absolute Gasteiger partial charge is 0.497 e. The molecule has 1 aliphatic heterocycles. The van der Waals surface area contributed by atoms with Crippen LogP contribution < -0.4 is 9.46 Å². The molecule has 0 aromatic heterocycles. The molecule has 2 rings (SSSR count). The summed E-state index contributed by atoms with van der Waals surface area (Å²) in [5.41, 5.74) is 0.280. The van der Waals surface area contributed by atoms with Gasteiger partial charge >= 0.3 is 10.2 Å². The molecular weight excluding hydrogens is 316 g/mol. The maximum Gasteiger partial charge on any atom is 0.301 e. The van der Waals surface area contributed by atoms with Crippen LogP contribution in [0.15, 0.2) is 18.2 Å². The number of piperidine rings is 1. The van der Waals surface area contributed by atoms with Crippen molar-refractivity contribution in [3.63, 3.8) is 0 Å². The normalized spacial score (nSPS) is 20.2. The molecule has 1 unspecified atom stereocenters. The number of anilines is 1. The van der Waals surface area contributed by atoms with E-state index in [0.29, 0.717) is 23.9 Å². The van der Waals surface area contributed by atoms with E-state index < -0.39 is 10.2 Å². The molecule has 1 aromatic rings. The summed E-state index contributed by atoms with van der Waals surface area (Å²) in [6.45, 7) is 0.743. The predicted octanol–water partition coefficient (Wildman–Crippen LogP) is 1.71. The zero-order chi connectivity index (χ0) is 15.5. The van der Waals surface area contributed by atoms with Crippen LogP contribution in [0.2, 0.25) is 5.02 Å². The van der Waals surface area contributed by atoms with Crippen LogP contribution in [-0.2, 0) is 10.2 Å². The first-order chi connectivity index (χ1) is 9.96. The van der Waals surface area contributed by atoms with E-state index in [4.69, 9.17) is 16.3 Å². The number of aliphatic hydroxyl groups is 1. The number of nitrogens with zero attached hydrogens (tertiary/aromatic N) is 1. The Kier molecular flexibility index (Phi) is 5.32. The second kappa shape index (κ2) is 6.83. The van der Waals surface area contributed by atoms with Gasteiger partial charge in [-0.3, -0.25) is 4.72 Å². The van der Waals surface area contributed by atoms with Crippen molar-refractivity contribution in [3.05, 3.63) is 23.2 Å². The number of nitrogens with one attached hydrogen (secondary N) is 1. The van der Waals surface area contributed by atoms with E-state index in [1.54, 1.807) is 12.1 Å². The second-order valence-electron chi connectivity index (χ2n) is 5.00. The van der Waals surface area contributed by atoms with Crippen molar-refractivity contribution >= 4 is 27.5 Å². The molecule has 1 aliphatic rings.